The van der Waals surface area contributed by atoms with Gasteiger partial charge in [0.1, 0.15) is 0 Å². The molecule has 2 fully saturated rings. The van der Waals surface area contributed by atoms with E-state index in [1.807, 2.05) is 24.3 Å². The molecule has 3 nitrogen and oxygen atoms in total. The van der Waals surface area contributed by atoms with Crippen LogP contribution in [-0.4, -0.2) is 31.3 Å². The van der Waals surface area contributed by atoms with E-state index in [9.17, 15) is 4.79 Å². The van der Waals surface area contributed by atoms with Gasteiger partial charge in [-0.15, -0.1) is 0 Å². The monoisotopic (exact) mass is 517 g/mol. The molecule has 0 radical (unpaired) electrons. The van der Waals surface area contributed by atoms with Gasteiger partial charge in [-0.1, -0.05) is 68.2 Å². The standard InChI is InChI=1S/C28H37Cl2NO2Si/c1-28(2,3)34(4,5)33-24-14-13-23(18-24)31-26(32)16-15-25(20-7-6-8-22(30)17-20)27(31)19-9-11-21(29)12-10-19/h6-12,17,23-25,27H,13-16,18H2,1-5H3/t23-,24-,25?,27+/m0/s1. The maximum atomic E-state index is 13.5. The van der Waals surface area contributed by atoms with Crippen molar-refractivity contribution in [2.45, 2.75) is 95.1 Å². The highest BCUT2D eigenvalue weighted by molar-refractivity contribution is 6.74. The van der Waals surface area contributed by atoms with Crippen LogP contribution in [-0.2, 0) is 9.22 Å². The van der Waals surface area contributed by atoms with Crippen molar-refractivity contribution in [2.24, 2.45) is 0 Å². The summed E-state index contributed by atoms with van der Waals surface area (Å²) in [6.07, 6.45) is 4.50. The molecule has 1 aliphatic heterocycles. The van der Waals surface area contributed by atoms with E-state index in [1.54, 1.807) is 0 Å². The molecule has 1 unspecified atom stereocenters. The summed E-state index contributed by atoms with van der Waals surface area (Å²) in [5.41, 5.74) is 2.33. The third-order valence-electron chi connectivity index (χ3n) is 8.14. The van der Waals surface area contributed by atoms with Gasteiger partial charge in [-0.05, 0) is 79.2 Å². The Morgan fingerprint density at radius 3 is 2.29 bits per heavy atom. The van der Waals surface area contributed by atoms with E-state index < -0.39 is 8.32 Å². The zero-order chi connectivity index (χ0) is 24.7. The fraction of sp³-hybridized carbons (Fsp3) is 0.536. The summed E-state index contributed by atoms with van der Waals surface area (Å²) in [5, 5.41) is 1.62. The van der Waals surface area contributed by atoms with Crippen LogP contribution in [0, 0.1) is 0 Å². The van der Waals surface area contributed by atoms with Crippen LogP contribution in [0.25, 0.3) is 0 Å². The molecule has 2 aromatic rings. The molecule has 2 aromatic carbocycles. The molecule has 0 bridgehead atoms. The number of halogens is 2. The molecular weight excluding hydrogens is 481 g/mol. The predicted octanol–water partition coefficient (Wildman–Crippen LogP) is 8.38. The fourth-order valence-corrected chi connectivity index (χ4v) is 7.08. The van der Waals surface area contributed by atoms with E-state index in [-0.39, 0.29) is 35.1 Å². The Morgan fingerprint density at radius 2 is 1.65 bits per heavy atom. The first-order valence-electron chi connectivity index (χ1n) is 12.5. The zero-order valence-electron chi connectivity index (χ0n) is 21.0. The molecule has 1 heterocycles. The fourth-order valence-electron chi connectivity index (χ4n) is 5.36. The smallest absolute Gasteiger partial charge is 0.223 e. The van der Waals surface area contributed by atoms with Crippen LogP contribution < -0.4 is 0 Å². The minimum Gasteiger partial charge on any atom is -0.414 e. The molecule has 1 saturated carbocycles. The Bertz CT molecular complexity index is 1020. The quantitative estimate of drug-likeness (QED) is 0.372. The van der Waals surface area contributed by atoms with Crippen molar-refractivity contribution in [1.82, 2.24) is 4.90 Å². The third-order valence-corrected chi connectivity index (χ3v) is 13.2. The van der Waals surface area contributed by atoms with Crippen LogP contribution >= 0.6 is 23.2 Å². The molecule has 0 aromatic heterocycles. The number of carbonyl (C=O) groups excluding carboxylic acids is 1. The number of rotatable bonds is 5. The van der Waals surface area contributed by atoms with Crippen molar-refractivity contribution >= 4 is 37.4 Å². The number of hydrogen-bond acceptors (Lipinski definition) is 2. The molecule has 1 aliphatic carbocycles. The van der Waals surface area contributed by atoms with Crippen molar-refractivity contribution < 1.29 is 9.22 Å². The van der Waals surface area contributed by atoms with E-state index in [4.69, 9.17) is 27.6 Å². The third kappa shape index (κ3) is 5.40. The summed E-state index contributed by atoms with van der Waals surface area (Å²) < 4.78 is 6.77. The lowest BCUT2D eigenvalue weighted by Crippen LogP contribution is -2.48. The average Bonchev–Trinajstić information content (AvgIpc) is 3.20. The molecule has 1 saturated heterocycles. The molecule has 4 atom stereocenters. The molecule has 0 N–H and O–H groups in total. The second-order valence-corrected chi connectivity index (χ2v) is 17.1. The minimum absolute atomic E-state index is 0.0337. The number of hydrogen-bond donors (Lipinski definition) is 0. The van der Waals surface area contributed by atoms with Crippen LogP contribution in [0.15, 0.2) is 48.5 Å². The number of likely N-dealkylation sites (tertiary alicyclic amines) is 1. The van der Waals surface area contributed by atoms with Gasteiger partial charge >= 0.3 is 0 Å². The lowest BCUT2D eigenvalue weighted by Gasteiger charge is -2.45. The summed E-state index contributed by atoms with van der Waals surface area (Å²) in [5.74, 6) is 0.439. The summed E-state index contributed by atoms with van der Waals surface area (Å²) in [6.45, 7) is 11.5. The van der Waals surface area contributed by atoms with Crippen molar-refractivity contribution in [3.63, 3.8) is 0 Å². The zero-order valence-corrected chi connectivity index (χ0v) is 23.5. The molecular formula is C28H37Cl2NO2Si. The Hall–Kier alpha value is -1.33. The van der Waals surface area contributed by atoms with Gasteiger partial charge in [0.25, 0.3) is 0 Å². The van der Waals surface area contributed by atoms with Gasteiger partial charge in [0.15, 0.2) is 8.32 Å². The number of carbonyl (C=O) groups is 1. The molecule has 184 valence electrons. The SMILES string of the molecule is CC(C)(C)[Si](C)(C)O[C@H]1CC[C@H](N2C(=O)CCC(c3cccc(Cl)c3)[C@H]2c2ccc(Cl)cc2)C1. The molecule has 4 rings (SSSR count). The minimum atomic E-state index is -1.86. The Labute approximate surface area is 215 Å². The van der Waals surface area contributed by atoms with Crippen molar-refractivity contribution in [3.8, 4) is 0 Å². The highest BCUT2D eigenvalue weighted by Gasteiger charge is 2.46. The number of benzene rings is 2. The normalized spacial score (nSPS) is 26.2. The first-order chi connectivity index (χ1) is 16.0. The number of amides is 1. The molecule has 6 heteroatoms. The maximum Gasteiger partial charge on any atom is 0.223 e. The van der Waals surface area contributed by atoms with Crippen molar-refractivity contribution in [3.05, 3.63) is 69.7 Å². The summed E-state index contributed by atoms with van der Waals surface area (Å²) in [7, 11) is -1.86. The second-order valence-electron chi connectivity index (χ2n) is 11.5. The van der Waals surface area contributed by atoms with E-state index in [2.05, 4.69) is 63.0 Å². The van der Waals surface area contributed by atoms with Gasteiger partial charge in [0.05, 0.1) is 6.04 Å². The van der Waals surface area contributed by atoms with Crippen LogP contribution in [0.4, 0.5) is 0 Å². The van der Waals surface area contributed by atoms with Crippen LogP contribution in [0.3, 0.4) is 0 Å². The summed E-state index contributed by atoms with van der Waals surface area (Å²) in [6, 6.07) is 16.3. The number of piperidine rings is 1. The molecule has 0 spiro atoms. The van der Waals surface area contributed by atoms with E-state index in [0.29, 0.717) is 11.4 Å². The predicted molar refractivity (Wildman–Crippen MR) is 144 cm³/mol. The van der Waals surface area contributed by atoms with Crippen molar-refractivity contribution in [1.29, 1.82) is 0 Å². The summed E-state index contributed by atoms with van der Waals surface area (Å²) in [4.78, 5) is 15.7. The lowest BCUT2D eigenvalue weighted by molar-refractivity contribution is -0.140. The van der Waals surface area contributed by atoms with E-state index >= 15 is 0 Å². The van der Waals surface area contributed by atoms with Crippen LogP contribution in [0.2, 0.25) is 28.2 Å². The van der Waals surface area contributed by atoms with Gasteiger partial charge in [0.2, 0.25) is 5.91 Å². The number of nitrogens with zero attached hydrogens (tertiary/aromatic N) is 1. The molecule has 1 amide bonds. The lowest BCUT2D eigenvalue weighted by atomic mass is 9.79. The first kappa shape index (κ1) is 25.8. The van der Waals surface area contributed by atoms with Gasteiger partial charge in [0, 0.05) is 34.5 Å². The van der Waals surface area contributed by atoms with E-state index in [0.717, 1.165) is 36.3 Å². The second kappa shape index (κ2) is 9.97. The Morgan fingerprint density at radius 1 is 0.941 bits per heavy atom. The maximum absolute atomic E-state index is 13.5. The van der Waals surface area contributed by atoms with E-state index in [1.165, 1.54) is 5.56 Å². The largest absolute Gasteiger partial charge is 0.414 e. The topological polar surface area (TPSA) is 29.5 Å². The highest BCUT2D eigenvalue weighted by atomic mass is 35.5. The van der Waals surface area contributed by atoms with Crippen molar-refractivity contribution in [2.75, 3.05) is 0 Å². The van der Waals surface area contributed by atoms with Crippen LogP contribution in [0.1, 0.15) is 76.0 Å². The molecule has 2 aliphatic rings. The average molecular weight is 519 g/mol. The van der Waals surface area contributed by atoms with Gasteiger partial charge < -0.3 is 9.33 Å². The van der Waals surface area contributed by atoms with Crippen LogP contribution in [0.5, 0.6) is 0 Å². The first-order valence-corrected chi connectivity index (χ1v) is 16.1. The summed E-state index contributed by atoms with van der Waals surface area (Å²) >= 11 is 12.6. The Balaban J connectivity index is 1.65. The van der Waals surface area contributed by atoms with Gasteiger partial charge in [-0.2, -0.15) is 0 Å². The Kier molecular flexibility index (Phi) is 7.55. The highest BCUT2D eigenvalue weighted by Crippen LogP contribution is 2.47. The van der Waals surface area contributed by atoms with Gasteiger partial charge in [-0.3, -0.25) is 4.79 Å². The van der Waals surface area contributed by atoms with Gasteiger partial charge in [-0.25, -0.2) is 0 Å². The molecule has 34 heavy (non-hydrogen) atoms.